The Balaban J connectivity index is 2.16. The molecule has 0 spiro atoms. The third-order valence-electron chi connectivity index (χ3n) is 3.44. The zero-order valence-electron chi connectivity index (χ0n) is 11.8. The molecule has 1 aromatic heterocycles. The first-order valence-corrected chi connectivity index (χ1v) is 7.79. The van der Waals surface area contributed by atoms with E-state index in [1.165, 1.54) is 0 Å². The minimum absolute atomic E-state index is 0.0493. The number of hydrogen-bond acceptors (Lipinski definition) is 4. The van der Waals surface area contributed by atoms with E-state index < -0.39 is 12.1 Å². The van der Waals surface area contributed by atoms with Crippen LogP contribution in [0.4, 0.5) is 24.9 Å². The number of halogens is 4. The van der Waals surface area contributed by atoms with Crippen molar-refractivity contribution < 1.29 is 13.2 Å². The molecule has 0 saturated carbocycles. The van der Waals surface area contributed by atoms with Crippen molar-refractivity contribution in [2.75, 3.05) is 29.9 Å². The second-order valence-electron chi connectivity index (χ2n) is 5.12. The Hall–Kier alpha value is -1.05. The number of rotatable bonds is 4. The van der Waals surface area contributed by atoms with E-state index in [1.54, 1.807) is 11.1 Å². The average Bonchev–Trinajstić information content (AvgIpc) is 2.45. The smallest absolute Gasteiger partial charge is 0.355 e. The Morgan fingerprint density at radius 3 is 2.90 bits per heavy atom. The van der Waals surface area contributed by atoms with Gasteiger partial charge >= 0.3 is 6.18 Å². The molecule has 1 N–H and O–H groups in total. The normalized spacial score (nSPS) is 19.7. The molecule has 2 heterocycles. The summed E-state index contributed by atoms with van der Waals surface area (Å²) in [5.74, 6) is -0.318. The van der Waals surface area contributed by atoms with Crippen molar-refractivity contribution in [1.29, 1.82) is 0 Å². The van der Waals surface area contributed by atoms with Crippen molar-refractivity contribution in [1.82, 2.24) is 9.97 Å². The van der Waals surface area contributed by atoms with Gasteiger partial charge in [0.25, 0.3) is 0 Å². The fourth-order valence-corrected chi connectivity index (χ4v) is 2.78. The highest BCUT2D eigenvalue weighted by Crippen LogP contribution is 2.36. The Morgan fingerprint density at radius 1 is 1.48 bits per heavy atom. The highest BCUT2D eigenvalue weighted by atomic mass is 79.9. The summed E-state index contributed by atoms with van der Waals surface area (Å²) in [4.78, 5) is 10.1. The van der Waals surface area contributed by atoms with Gasteiger partial charge in [0.1, 0.15) is 5.82 Å². The third-order valence-corrected chi connectivity index (χ3v) is 4.00. The van der Waals surface area contributed by atoms with Gasteiger partial charge in [0.05, 0.1) is 10.4 Å². The lowest BCUT2D eigenvalue weighted by Gasteiger charge is -2.34. The van der Waals surface area contributed by atoms with Crippen molar-refractivity contribution in [3.63, 3.8) is 0 Å². The van der Waals surface area contributed by atoms with Crippen LogP contribution < -0.4 is 10.2 Å². The van der Waals surface area contributed by atoms with Crippen LogP contribution >= 0.6 is 15.9 Å². The fraction of sp³-hybridized carbons (Fsp3) is 0.692. The molecular weight excluding hydrogens is 349 g/mol. The average molecular weight is 367 g/mol. The quantitative estimate of drug-likeness (QED) is 0.878. The standard InChI is InChI=1S/C13H18BrF3N4/c1-2-5-18-12-19-7-10(14)11(20-12)21-6-3-4-9(8-21)13(15,16)17/h7,9H,2-6,8H2,1H3,(H,18,19,20). The molecule has 0 amide bonds. The van der Waals surface area contributed by atoms with Crippen molar-refractivity contribution in [2.24, 2.45) is 5.92 Å². The van der Waals surface area contributed by atoms with Gasteiger partial charge in [0.15, 0.2) is 0 Å². The minimum atomic E-state index is -4.15. The van der Waals surface area contributed by atoms with Gasteiger partial charge in [-0.05, 0) is 35.2 Å². The molecule has 1 unspecified atom stereocenters. The van der Waals surface area contributed by atoms with E-state index in [0.717, 1.165) is 13.0 Å². The van der Waals surface area contributed by atoms with E-state index in [9.17, 15) is 13.2 Å². The maximum absolute atomic E-state index is 12.9. The number of piperidine rings is 1. The van der Waals surface area contributed by atoms with Crippen LogP contribution in [0.2, 0.25) is 0 Å². The summed E-state index contributed by atoms with van der Waals surface area (Å²) < 4.78 is 39.3. The molecule has 2 rings (SSSR count). The molecule has 1 aromatic rings. The number of alkyl halides is 3. The molecule has 1 atom stereocenters. The SMILES string of the molecule is CCCNc1ncc(Br)c(N2CCCC(C(F)(F)F)C2)n1. The molecule has 4 nitrogen and oxygen atoms in total. The van der Waals surface area contributed by atoms with E-state index in [-0.39, 0.29) is 13.0 Å². The number of anilines is 2. The predicted molar refractivity (Wildman–Crippen MR) is 79.5 cm³/mol. The second kappa shape index (κ2) is 6.81. The van der Waals surface area contributed by atoms with Gasteiger partial charge < -0.3 is 10.2 Å². The van der Waals surface area contributed by atoms with Gasteiger partial charge in [-0.2, -0.15) is 18.2 Å². The van der Waals surface area contributed by atoms with Crippen molar-refractivity contribution in [3.05, 3.63) is 10.7 Å². The van der Waals surface area contributed by atoms with Crippen LogP contribution in [0.1, 0.15) is 26.2 Å². The molecule has 21 heavy (non-hydrogen) atoms. The number of aromatic nitrogens is 2. The Kier molecular flexibility index (Phi) is 5.29. The van der Waals surface area contributed by atoms with Crippen molar-refractivity contribution in [2.45, 2.75) is 32.4 Å². The fourth-order valence-electron chi connectivity index (χ4n) is 2.34. The Bertz CT molecular complexity index is 481. The number of nitrogens with zero attached hydrogens (tertiary/aromatic N) is 3. The first-order valence-electron chi connectivity index (χ1n) is 7.00. The zero-order valence-corrected chi connectivity index (χ0v) is 13.3. The monoisotopic (exact) mass is 366 g/mol. The Labute approximate surface area is 130 Å². The largest absolute Gasteiger partial charge is 0.393 e. The molecule has 8 heteroatoms. The lowest BCUT2D eigenvalue weighted by atomic mass is 9.97. The first kappa shape index (κ1) is 16.3. The zero-order chi connectivity index (χ0) is 15.5. The molecule has 118 valence electrons. The topological polar surface area (TPSA) is 41.1 Å². The van der Waals surface area contributed by atoms with E-state index >= 15 is 0 Å². The summed E-state index contributed by atoms with van der Waals surface area (Å²) in [5.41, 5.74) is 0. The summed E-state index contributed by atoms with van der Waals surface area (Å²) in [6, 6.07) is 0. The van der Waals surface area contributed by atoms with Gasteiger partial charge in [-0.3, -0.25) is 0 Å². The molecule has 1 aliphatic rings. The summed E-state index contributed by atoms with van der Waals surface area (Å²) >= 11 is 3.33. The highest BCUT2D eigenvalue weighted by molar-refractivity contribution is 9.10. The van der Waals surface area contributed by atoms with Crippen LogP contribution in [0, 0.1) is 5.92 Å². The van der Waals surface area contributed by atoms with E-state index in [0.29, 0.717) is 29.2 Å². The Morgan fingerprint density at radius 2 is 2.24 bits per heavy atom. The second-order valence-corrected chi connectivity index (χ2v) is 5.97. The van der Waals surface area contributed by atoms with Crippen LogP contribution in [-0.2, 0) is 0 Å². The van der Waals surface area contributed by atoms with Crippen LogP contribution in [0.5, 0.6) is 0 Å². The highest BCUT2D eigenvalue weighted by Gasteiger charge is 2.42. The maximum Gasteiger partial charge on any atom is 0.393 e. The van der Waals surface area contributed by atoms with Crippen LogP contribution in [0.15, 0.2) is 10.7 Å². The molecular formula is C13H18BrF3N4. The van der Waals surface area contributed by atoms with Crippen molar-refractivity contribution >= 4 is 27.7 Å². The van der Waals surface area contributed by atoms with E-state index in [1.807, 2.05) is 6.92 Å². The summed E-state index contributed by atoms with van der Waals surface area (Å²) in [7, 11) is 0. The third kappa shape index (κ3) is 4.21. The van der Waals surface area contributed by atoms with Crippen LogP contribution in [0.3, 0.4) is 0 Å². The van der Waals surface area contributed by atoms with E-state index in [2.05, 4.69) is 31.2 Å². The molecule has 0 radical (unpaired) electrons. The molecule has 0 aliphatic carbocycles. The maximum atomic E-state index is 12.9. The van der Waals surface area contributed by atoms with Crippen LogP contribution in [0.25, 0.3) is 0 Å². The van der Waals surface area contributed by atoms with Crippen molar-refractivity contribution in [3.8, 4) is 0 Å². The predicted octanol–water partition coefficient (Wildman–Crippen LogP) is 3.84. The summed E-state index contributed by atoms with van der Waals surface area (Å²) in [5, 5.41) is 3.05. The lowest BCUT2D eigenvalue weighted by molar-refractivity contribution is -0.176. The van der Waals surface area contributed by atoms with Gasteiger partial charge in [0.2, 0.25) is 5.95 Å². The van der Waals surface area contributed by atoms with Gasteiger partial charge in [-0.1, -0.05) is 6.92 Å². The van der Waals surface area contributed by atoms with Gasteiger partial charge in [0, 0.05) is 25.8 Å². The first-order chi connectivity index (χ1) is 9.91. The molecule has 0 bridgehead atoms. The van der Waals surface area contributed by atoms with E-state index in [4.69, 9.17) is 0 Å². The molecule has 1 saturated heterocycles. The molecule has 0 aromatic carbocycles. The number of nitrogens with one attached hydrogen (secondary N) is 1. The van der Waals surface area contributed by atoms with Gasteiger partial charge in [-0.15, -0.1) is 0 Å². The van der Waals surface area contributed by atoms with Gasteiger partial charge in [-0.25, -0.2) is 4.98 Å². The summed E-state index contributed by atoms with van der Waals surface area (Å²) in [6.45, 7) is 3.28. The number of hydrogen-bond donors (Lipinski definition) is 1. The summed E-state index contributed by atoms with van der Waals surface area (Å²) in [6.07, 6.45) is -0.949. The minimum Gasteiger partial charge on any atom is -0.355 e. The molecule has 1 fully saturated rings. The van der Waals surface area contributed by atoms with Crippen LogP contribution in [-0.4, -0.2) is 35.8 Å². The molecule has 1 aliphatic heterocycles. The lowest BCUT2D eigenvalue weighted by Crippen LogP contribution is -2.42.